The molecule has 0 fully saturated rings. The Morgan fingerprint density at radius 1 is 1.33 bits per heavy atom. The van der Waals surface area contributed by atoms with Crippen LogP contribution in [0.1, 0.15) is 31.2 Å². The summed E-state index contributed by atoms with van der Waals surface area (Å²) in [5, 5.41) is 2.91. The smallest absolute Gasteiger partial charge is 0.220 e. The van der Waals surface area contributed by atoms with Crippen LogP contribution in [0.25, 0.3) is 0 Å². The van der Waals surface area contributed by atoms with Crippen LogP contribution in [-0.4, -0.2) is 39.4 Å². The highest BCUT2D eigenvalue weighted by Gasteiger charge is 2.16. The van der Waals surface area contributed by atoms with Crippen LogP contribution in [-0.2, 0) is 9.53 Å². The average Bonchev–Trinajstić information content (AvgIpc) is 2.51. The number of hydrogen-bond acceptors (Lipinski definition) is 4. The molecule has 1 aromatic carbocycles. The molecule has 2 rings (SSSR count). The van der Waals surface area contributed by atoms with E-state index < -0.39 is 0 Å². The molecule has 1 aliphatic heterocycles. The minimum atomic E-state index is 0.0634. The van der Waals surface area contributed by atoms with Gasteiger partial charge < -0.3 is 19.5 Å². The van der Waals surface area contributed by atoms with Gasteiger partial charge in [0, 0.05) is 26.7 Å². The normalized spacial score (nSPS) is 14.6. The Labute approximate surface area is 125 Å². The molecule has 0 aromatic heterocycles. The molecule has 0 radical (unpaired) electrons. The first-order valence-corrected chi connectivity index (χ1v) is 7.36. The number of benzene rings is 1. The molecule has 1 atom stereocenters. The van der Waals surface area contributed by atoms with Crippen molar-refractivity contribution < 1.29 is 19.0 Å². The van der Waals surface area contributed by atoms with E-state index in [2.05, 4.69) is 5.32 Å². The van der Waals surface area contributed by atoms with Crippen LogP contribution >= 0.6 is 0 Å². The summed E-state index contributed by atoms with van der Waals surface area (Å²) in [6.45, 7) is 4.52. The number of nitrogens with one attached hydrogen (secondary N) is 1. The van der Waals surface area contributed by atoms with E-state index >= 15 is 0 Å². The van der Waals surface area contributed by atoms with Gasteiger partial charge in [-0.1, -0.05) is 13.0 Å². The van der Waals surface area contributed by atoms with Crippen LogP contribution in [0.4, 0.5) is 0 Å². The molecule has 1 heterocycles. The fraction of sp³-hybridized carbons (Fsp3) is 0.562. The van der Waals surface area contributed by atoms with E-state index in [0.29, 0.717) is 32.8 Å². The van der Waals surface area contributed by atoms with Gasteiger partial charge in [0.25, 0.3) is 0 Å². The molecule has 0 saturated carbocycles. The zero-order valence-corrected chi connectivity index (χ0v) is 12.7. The van der Waals surface area contributed by atoms with Gasteiger partial charge in [0.1, 0.15) is 13.2 Å². The van der Waals surface area contributed by atoms with Crippen molar-refractivity contribution in [2.75, 3.05) is 33.5 Å². The van der Waals surface area contributed by atoms with Crippen molar-refractivity contribution in [3.8, 4) is 11.5 Å². The average molecular weight is 293 g/mol. The third-order valence-electron chi connectivity index (χ3n) is 3.47. The maximum Gasteiger partial charge on any atom is 0.220 e. The molecule has 0 saturated heterocycles. The predicted octanol–water partition coefficient (Wildman–Crippen LogP) is 2.10. The minimum absolute atomic E-state index is 0.0634. The fourth-order valence-electron chi connectivity index (χ4n) is 2.28. The van der Waals surface area contributed by atoms with Crippen LogP contribution in [0.3, 0.4) is 0 Å². The highest BCUT2D eigenvalue weighted by Crippen LogP contribution is 2.33. The topological polar surface area (TPSA) is 56.8 Å². The lowest BCUT2D eigenvalue weighted by Crippen LogP contribution is -2.26. The van der Waals surface area contributed by atoms with E-state index in [0.717, 1.165) is 23.5 Å². The Bertz CT molecular complexity index is 475. The Morgan fingerprint density at radius 2 is 2.10 bits per heavy atom. The first kappa shape index (κ1) is 15.6. The van der Waals surface area contributed by atoms with Gasteiger partial charge in [0.2, 0.25) is 5.91 Å². The number of amides is 1. The molecular weight excluding hydrogens is 270 g/mol. The van der Waals surface area contributed by atoms with Crippen LogP contribution in [0.2, 0.25) is 0 Å². The summed E-state index contributed by atoms with van der Waals surface area (Å²) in [5.74, 6) is 1.75. The van der Waals surface area contributed by atoms with Gasteiger partial charge in [-0.3, -0.25) is 4.79 Å². The number of carbonyl (C=O) groups excluding carboxylic acids is 1. The maximum absolute atomic E-state index is 11.9. The van der Waals surface area contributed by atoms with Crippen molar-refractivity contribution in [3.05, 3.63) is 23.8 Å². The zero-order valence-electron chi connectivity index (χ0n) is 12.7. The SMILES string of the molecule is COCCCNC(=O)CC(C)c1ccc2c(c1)OCCO2. The standard InChI is InChI=1S/C16H23NO4/c1-12(10-16(18)17-6-3-7-19-2)13-4-5-14-15(11-13)21-9-8-20-14/h4-5,11-12H,3,6-10H2,1-2H3,(H,17,18). The van der Waals surface area contributed by atoms with Crippen molar-refractivity contribution in [1.82, 2.24) is 5.32 Å². The molecule has 1 aromatic rings. The van der Waals surface area contributed by atoms with Crippen molar-refractivity contribution in [2.24, 2.45) is 0 Å². The summed E-state index contributed by atoms with van der Waals surface area (Å²) in [6.07, 6.45) is 1.30. The number of fused-ring (bicyclic) bond motifs is 1. The third-order valence-corrected chi connectivity index (χ3v) is 3.47. The summed E-state index contributed by atoms with van der Waals surface area (Å²) < 4.78 is 16.0. The van der Waals surface area contributed by atoms with Crippen molar-refractivity contribution >= 4 is 5.91 Å². The lowest BCUT2D eigenvalue weighted by Gasteiger charge is -2.20. The minimum Gasteiger partial charge on any atom is -0.486 e. The van der Waals surface area contributed by atoms with Crippen LogP contribution < -0.4 is 14.8 Å². The summed E-state index contributed by atoms with van der Waals surface area (Å²) in [7, 11) is 1.66. The highest BCUT2D eigenvalue weighted by molar-refractivity contribution is 5.76. The number of hydrogen-bond donors (Lipinski definition) is 1. The molecule has 116 valence electrons. The van der Waals surface area contributed by atoms with Gasteiger partial charge in [0.05, 0.1) is 0 Å². The zero-order chi connectivity index (χ0) is 15.1. The summed E-state index contributed by atoms with van der Waals surface area (Å²) in [4.78, 5) is 11.9. The first-order chi connectivity index (χ1) is 10.2. The number of carbonyl (C=O) groups is 1. The lowest BCUT2D eigenvalue weighted by molar-refractivity contribution is -0.121. The Kier molecular flexibility index (Phi) is 5.87. The molecule has 0 spiro atoms. The van der Waals surface area contributed by atoms with Crippen LogP contribution in [0.15, 0.2) is 18.2 Å². The Balaban J connectivity index is 1.85. The van der Waals surface area contributed by atoms with Crippen LogP contribution in [0, 0.1) is 0 Å². The lowest BCUT2D eigenvalue weighted by atomic mass is 9.97. The molecule has 21 heavy (non-hydrogen) atoms. The van der Waals surface area contributed by atoms with E-state index in [1.165, 1.54) is 0 Å². The molecule has 0 aliphatic carbocycles. The quantitative estimate of drug-likeness (QED) is 0.782. The molecule has 5 nitrogen and oxygen atoms in total. The molecule has 1 unspecified atom stereocenters. The van der Waals surface area contributed by atoms with E-state index in [1.807, 2.05) is 25.1 Å². The monoisotopic (exact) mass is 293 g/mol. The number of rotatable bonds is 7. The van der Waals surface area contributed by atoms with E-state index in [4.69, 9.17) is 14.2 Å². The van der Waals surface area contributed by atoms with Gasteiger partial charge in [-0.05, 0) is 30.0 Å². The maximum atomic E-state index is 11.9. The van der Waals surface area contributed by atoms with Gasteiger partial charge in [-0.15, -0.1) is 0 Å². The second-order valence-electron chi connectivity index (χ2n) is 5.20. The number of ether oxygens (including phenoxy) is 3. The second-order valence-corrected chi connectivity index (χ2v) is 5.20. The molecule has 1 amide bonds. The van der Waals surface area contributed by atoms with Crippen LogP contribution in [0.5, 0.6) is 11.5 Å². The summed E-state index contributed by atoms with van der Waals surface area (Å²) in [6, 6.07) is 5.88. The van der Waals surface area contributed by atoms with E-state index in [1.54, 1.807) is 7.11 Å². The second kappa shape index (κ2) is 7.88. The summed E-state index contributed by atoms with van der Waals surface area (Å²) in [5.41, 5.74) is 1.09. The van der Waals surface area contributed by atoms with E-state index in [-0.39, 0.29) is 11.8 Å². The highest BCUT2D eigenvalue weighted by atomic mass is 16.6. The van der Waals surface area contributed by atoms with Crippen molar-refractivity contribution in [2.45, 2.75) is 25.7 Å². The molecule has 1 aliphatic rings. The fourth-order valence-corrected chi connectivity index (χ4v) is 2.28. The van der Waals surface area contributed by atoms with Gasteiger partial charge >= 0.3 is 0 Å². The van der Waals surface area contributed by atoms with E-state index in [9.17, 15) is 4.79 Å². The molecule has 5 heteroatoms. The first-order valence-electron chi connectivity index (χ1n) is 7.36. The molecular formula is C16H23NO4. The predicted molar refractivity (Wildman–Crippen MR) is 80.0 cm³/mol. The van der Waals surface area contributed by atoms with Gasteiger partial charge in [-0.25, -0.2) is 0 Å². The summed E-state index contributed by atoms with van der Waals surface area (Å²) >= 11 is 0. The number of methoxy groups -OCH3 is 1. The third kappa shape index (κ3) is 4.63. The van der Waals surface area contributed by atoms with Crippen molar-refractivity contribution in [1.29, 1.82) is 0 Å². The molecule has 1 N–H and O–H groups in total. The Morgan fingerprint density at radius 3 is 2.86 bits per heavy atom. The molecule has 0 bridgehead atoms. The van der Waals surface area contributed by atoms with Gasteiger partial charge in [-0.2, -0.15) is 0 Å². The van der Waals surface area contributed by atoms with Crippen molar-refractivity contribution in [3.63, 3.8) is 0 Å². The van der Waals surface area contributed by atoms with Gasteiger partial charge in [0.15, 0.2) is 11.5 Å². The largest absolute Gasteiger partial charge is 0.486 e. The Hall–Kier alpha value is -1.75.